The van der Waals surface area contributed by atoms with E-state index in [-0.39, 0.29) is 11.1 Å². The van der Waals surface area contributed by atoms with Gasteiger partial charge in [0.25, 0.3) is 5.56 Å². The Kier molecular flexibility index (Phi) is 4.48. The molecule has 0 bridgehead atoms. The molecule has 0 radical (unpaired) electrons. The molecule has 2 unspecified atom stereocenters. The van der Waals surface area contributed by atoms with Crippen LogP contribution in [0.15, 0.2) is 17.2 Å². The van der Waals surface area contributed by atoms with Gasteiger partial charge in [-0.2, -0.15) is 0 Å². The molecule has 1 aromatic heterocycles. The van der Waals surface area contributed by atoms with E-state index in [1.165, 1.54) is 0 Å². The first-order valence-electron chi connectivity index (χ1n) is 7.37. The molecule has 0 amide bonds. The first-order chi connectivity index (χ1) is 9.43. The predicted octanol–water partition coefficient (Wildman–Crippen LogP) is 2.23. The van der Waals surface area contributed by atoms with Gasteiger partial charge in [-0.3, -0.25) is 4.79 Å². The summed E-state index contributed by atoms with van der Waals surface area (Å²) in [5.41, 5.74) is -0.300. The lowest BCUT2D eigenvalue weighted by Gasteiger charge is -2.23. The Bertz CT molecular complexity index is 505. The van der Waals surface area contributed by atoms with E-state index in [1.54, 1.807) is 17.0 Å². The van der Waals surface area contributed by atoms with Crippen molar-refractivity contribution in [2.75, 3.05) is 18.5 Å². The third-order valence-electron chi connectivity index (χ3n) is 3.84. The van der Waals surface area contributed by atoms with Crippen LogP contribution in [0.25, 0.3) is 0 Å². The standard InChI is InChI=1S/C15H25N3O2/c1-5-12-11(6-9-20-12)10-17-13-14(19)18(8-7-16-13)15(2,3)4/h7-8,11-12H,5-6,9-10H2,1-4H3,(H,16,17). The summed E-state index contributed by atoms with van der Waals surface area (Å²) in [6.45, 7) is 9.73. The maximum absolute atomic E-state index is 12.4. The van der Waals surface area contributed by atoms with E-state index in [2.05, 4.69) is 17.2 Å². The summed E-state index contributed by atoms with van der Waals surface area (Å²) >= 11 is 0. The monoisotopic (exact) mass is 279 g/mol. The fraction of sp³-hybridized carbons (Fsp3) is 0.733. The van der Waals surface area contributed by atoms with Gasteiger partial charge in [-0.25, -0.2) is 4.98 Å². The van der Waals surface area contributed by atoms with Crippen LogP contribution in [0.2, 0.25) is 0 Å². The number of hydrogen-bond acceptors (Lipinski definition) is 4. The summed E-state index contributed by atoms with van der Waals surface area (Å²) in [5, 5.41) is 3.21. The van der Waals surface area contributed by atoms with Crippen LogP contribution in [0.1, 0.15) is 40.5 Å². The number of anilines is 1. The summed E-state index contributed by atoms with van der Waals surface area (Å²) < 4.78 is 7.38. The van der Waals surface area contributed by atoms with Gasteiger partial charge in [0.2, 0.25) is 0 Å². The number of nitrogens with one attached hydrogen (secondary N) is 1. The lowest BCUT2D eigenvalue weighted by atomic mass is 10.00. The third-order valence-corrected chi connectivity index (χ3v) is 3.84. The molecule has 1 aliphatic rings. The zero-order valence-electron chi connectivity index (χ0n) is 12.8. The van der Waals surface area contributed by atoms with Gasteiger partial charge in [0.05, 0.1) is 6.10 Å². The Hall–Kier alpha value is -1.36. The van der Waals surface area contributed by atoms with Crippen LogP contribution in [0.3, 0.4) is 0 Å². The summed E-state index contributed by atoms with van der Waals surface area (Å²) in [6, 6.07) is 0. The highest BCUT2D eigenvalue weighted by Crippen LogP contribution is 2.23. The summed E-state index contributed by atoms with van der Waals surface area (Å²) in [5.74, 6) is 0.897. The zero-order valence-corrected chi connectivity index (χ0v) is 12.8. The number of hydrogen-bond donors (Lipinski definition) is 1. The zero-order chi connectivity index (χ0) is 14.8. The molecule has 0 aliphatic carbocycles. The van der Waals surface area contributed by atoms with Gasteiger partial charge in [-0.1, -0.05) is 6.92 Å². The van der Waals surface area contributed by atoms with Gasteiger partial charge in [-0.15, -0.1) is 0 Å². The van der Waals surface area contributed by atoms with Crippen molar-refractivity contribution in [3.8, 4) is 0 Å². The Morgan fingerprint density at radius 1 is 1.50 bits per heavy atom. The first kappa shape index (κ1) is 15.0. The van der Waals surface area contributed by atoms with E-state index < -0.39 is 0 Å². The number of nitrogens with zero attached hydrogens (tertiary/aromatic N) is 2. The average molecular weight is 279 g/mol. The molecule has 2 heterocycles. The van der Waals surface area contributed by atoms with Gasteiger partial charge < -0.3 is 14.6 Å². The van der Waals surface area contributed by atoms with Crippen molar-refractivity contribution in [2.24, 2.45) is 5.92 Å². The van der Waals surface area contributed by atoms with Gasteiger partial charge in [0, 0.05) is 37.0 Å². The Labute approximate surface area is 120 Å². The van der Waals surface area contributed by atoms with Crippen LogP contribution in [-0.2, 0) is 10.3 Å². The van der Waals surface area contributed by atoms with E-state index in [0.717, 1.165) is 26.0 Å². The Morgan fingerprint density at radius 3 is 2.90 bits per heavy atom. The number of ether oxygens (including phenoxy) is 1. The number of aromatic nitrogens is 2. The van der Waals surface area contributed by atoms with Crippen LogP contribution >= 0.6 is 0 Å². The van der Waals surface area contributed by atoms with Crippen molar-refractivity contribution in [1.29, 1.82) is 0 Å². The highest BCUT2D eigenvalue weighted by atomic mass is 16.5. The number of rotatable bonds is 4. The Morgan fingerprint density at radius 2 is 2.25 bits per heavy atom. The maximum Gasteiger partial charge on any atom is 0.293 e. The lowest BCUT2D eigenvalue weighted by molar-refractivity contribution is 0.0900. The fourth-order valence-electron chi connectivity index (χ4n) is 2.67. The van der Waals surface area contributed by atoms with Gasteiger partial charge in [0.15, 0.2) is 5.82 Å². The van der Waals surface area contributed by atoms with E-state index in [9.17, 15) is 4.79 Å². The smallest absolute Gasteiger partial charge is 0.293 e. The van der Waals surface area contributed by atoms with Crippen LogP contribution < -0.4 is 10.9 Å². The van der Waals surface area contributed by atoms with Gasteiger partial charge >= 0.3 is 0 Å². The maximum atomic E-state index is 12.4. The van der Waals surface area contributed by atoms with E-state index in [1.807, 2.05) is 20.8 Å². The van der Waals surface area contributed by atoms with E-state index >= 15 is 0 Å². The molecule has 1 aliphatic heterocycles. The molecule has 1 fully saturated rings. The molecule has 0 aromatic carbocycles. The van der Waals surface area contributed by atoms with Crippen LogP contribution in [0.5, 0.6) is 0 Å². The molecular formula is C15H25N3O2. The molecule has 112 valence electrons. The Balaban J connectivity index is 2.09. The SMILES string of the molecule is CCC1OCCC1CNc1nccn(C(C)(C)C)c1=O. The van der Waals surface area contributed by atoms with E-state index in [0.29, 0.717) is 17.8 Å². The third kappa shape index (κ3) is 3.20. The largest absolute Gasteiger partial charge is 0.378 e. The van der Waals surface area contributed by atoms with Gasteiger partial charge in [0.1, 0.15) is 0 Å². The molecule has 5 heteroatoms. The van der Waals surface area contributed by atoms with Crippen molar-refractivity contribution in [1.82, 2.24) is 9.55 Å². The van der Waals surface area contributed by atoms with E-state index in [4.69, 9.17) is 4.74 Å². The molecule has 20 heavy (non-hydrogen) atoms. The second-order valence-electron chi connectivity index (χ2n) is 6.37. The van der Waals surface area contributed by atoms with Crippen LogP contribution in [0.4, 0.5) is 5.82 Å². The molecule has 2 atom stereocenters. The molecule has 1 N–H and O–H groups in total. The lowest BCUT2D eigenvalue weighted by Crippen LogP contribution is -2.36. The molecular weight excluding hydrogens is 254 g/mol. The average Bonchev–Trinajstić information content (AvgIpc) is 2.83. The molecule has 0 spiro atoms. The molecule has 0 saturated carbocycles. The van der Waals surface area contributed by atoms with Crippen molar-refractivity contribution >= 4 is 5.82 Å². The van der Waals surface area contributed by atoms with Crippen molar-refractivity contribution in [3.63, 3.8) is 0 Å². The second kappa shape index (κ2) is 5.95. The second-order valence-corrected chi connectivity index (χ2v) is 6.37. The molecule has 1 aromatic rings. The fourth-order valence-corrected chi connectivity index (χ4v) is 2.67. The highest BCUT2D eigenvalue weighted by Gasteiger charge is 2.27. The van der Waals surface area contributed by atoms with Crippen molar-refractivity contribution < 1.29 is 4.74 Å². The first-order valence-corrected chi connectivity index (χ1v) is 7.37. The summed E-state index contributed by atoms with van der Waals surface area (Å²) in [6.07, 6.45) is 5.78. The van der Waals surface area contributed by atoms with Crippen molar-refractivity contribution in [3.05, 3.63) is 22.7 Å². The molecule has 1 saturated heterocycles. The normalized spacial score (nSPS) is 23.0. The molecule has 2 rings (SSSR count). The molecule has 5 nitrogen and oxygen atoms in total. The van der Waals surface area contributed by atoms with Crippen molar-refractivity contribution in [2.45, 2.75) is 52.2 Å². The minimum absolute atomic E-state index is 0.0630. The summed E-state index contributed by atoms with van der Waals surface area (Å²) in [7, 11) is 0. The summed E-state index contributed by atoms with van der Waals surface area (Å²) in [4.78, 5) is 16.6. The minimum Gasteiger partial charge on any atom is -0.378 e. The van der Waals surface area contributed by atoms with Crippen LogP contribution in [0, 0.1) is 5.92 Å². The van der Waals surface area contributed by atoms with Gasteiger partial charge in [-0.05, 0) is 33.6 Å². The quantitative estimate of drug-likeness (QED) is 0.918. The predicted molar refractivity (Wildman–Crippen MR) is 80.1 cm³/mol. The minimum atomic E-state index is -0.237. The highest BCUT2D eigenvalue weighted by molar-refractivity contribution is 5.31. The van der Waals surface area contributed by atoms with Crippen LogP contribution in [-0.4, -0.2) is 28.8 Å². The topological polar surface area (TPSA) is 56.1 Å².